The number of fused-ring (bicyclic) bond motifs is 4. The SMILES string of the molecule is CC[C@]1(C#N)CC[C@H]2[C@@H]3CCC4=C(CC(O)(C(C)OCC(C)C)C5(C4)OCCO5)C3=CC[C@@]21C. The number of allylic oxidation sites excluding steroid dienone is 2. The summed E-state index contributed by atoms with van der Waals surface area (Å²) in [4.78, 5) is 0. The fourth-order valence-electron chi connectivity index (χ4n) is 8.27. The lowest BCUT2D eigenvalue weighted by molar-refractivity contribution is -0.303. The minimum Gasteiger partial charge on any atom is -0.381 e. The summed E-state index contributed by atoms with van der Waals surface area (Å²) >= 11 is 0. The van der Waals surface area contributed by atoms with Gasteiger partial charge < -0.3 is 19.3 Å². The third-order valence-corrected chi connectivity index (χ3v) is 10.4. The van der Waals surface area contributed by atoms with Gasteiger partial charge in [-0.05, 0) is 79.8 Å². The highest BCUT2D eigenvalue weighted by Gasteiger charge is 2.64. The molecule has 5 aliphatic rings. The van der Waals surface area contributed by atoms with E-state index < -0.39 is 17.5 Å². The van der Waals surface area contributed by atoms with Crippen molar-refractivity contribution in [2.45, 2.75) is 103 Å². The van der Waals surface area contributed by atoms with Gasteiger partial charge in [-0.1, -0.05) is 39.3 Å². The number of aliphatic hydroxyl groups is 1. The highest BCUT2D eigenvalue weighted by atomic mass is 16.8. The number of nitrogens with zero attached hydrogens (tertiary/aromatic N) is 1. The quantitative estimate of drug-likeness (QED) is 0.560. The van der Waals surface area contributed by atoms with E-state index >= 15 is 0 Å². The predicted octanol–water partition coefficient (Wildman–Crippen LogP) is 5.69. The van der Waals surface area contributed by atoms with Crippen molar-refractivity contribution < 1.29 is 19.3 Å². The monoisotopic (exact) mass is 469 g/mol. The summed E-state index contributed by atoms with van der Waals surface area (Å²) in [6.07, 6.45) is 9.38. The van der Waals surface area contributed by atoms with Gasteiger partial charge in [-0.3, -0.25) is 0 Å². The van der Waals surface area contributed by atoms with Crippen LogP contribution in [0.1, 0.15) is 86.0 Å². The van der Waals surface area contributed by atoms with Crippen LogP contribution in [0.5, 0.6) is 0 Å². The third kappa shape index (κ3) is 3.25. The molecule has 5 nitrogen and oxygen atoms in total. The minimum absolute atomic E-state index is 0.0419. The Labute approximate surface area is 205 Å². The highest BCUT2D eigenvalue weighted by Crippen LogP contribution is 2.67. The first-order chi connectivity index (χ1) is 16.2. The van der Waals surface area contributed by atoms with Gasteiger partial charge in [0, 0.05) is 19.4 Å². The third-order valence-electron chi connectivity index (χ3n) is 10.4. The van der Waals surface area contributed by atoms with Gasteiger partial charge in [0.1, 0.15) is 5.60 Å². The molecule has 0 bridgehead atoms. The van der Waals surface area contributed by atoms with Gasteiger partial charge in [-0.25, -0.2) is 0 Å². The van der Waals surface area contributed by atoms with Crippen LogP contribution in [0.25, 0.3) is 0 Å². The fourth-order valence-corrected chi connectivity index (χ4v) is 8.27. The van der Waals surface area contributed by atoms with Crippen LogP contribution < -0.4 is 0 Å². The van der Waals surface area contributed by atoms with Crippen LogP contribution in [-0.2, 0) is 14.2 Å². The number of rotatable bonds is 5. The van der Waals surface area contributed by atoms with Crippen molar-refractivity contribution in [2.24, 2.45) is 28.6 Å². The van der Waals surface area contributed by atoms with E-state index in [1.807, 2.05) is 6.92 Å². The average Bonchev–Trinajstić information content (AvgIpc) is 3.41. The molecule has 1 saturated heterocycles. The van der Waals surface area contributed by atoms with Crippen LogP contribution >= 0.6 is 0 Å². The zero-order valence-corrected chi connectivity index (χ0v) is 21.8. The summed E-state index contributed by atoms with van der Waals surface area (Å²) < 4.78 is 18.6. The van der Waals surface area contributed by atoms with Crippen molar-refractivity contribution in [3.05, 3.63) is 22.8 Å². The molecule has 34 heavy (non-hydrogen) atoms. The maximum absolute atomic E-state index is 12.3. The maximum atomic E-state index is 12.3. The minimum atomic E-state index is -1.23. The normalized spacial score (nSPS) is 41.6. The number of hydrogen-bond acceptors (Lipinski definition) is 5. The van der Waals surface area contributed by atoms with E-state index in [0.29, 0.717) is 50.4 Å². The van der Waals surface area contributed by atoms with Crippen LogP contribution in [0.3, 0.4) is 0 Å². The molecule has 188 valence electrons. The number of nitriles is 1. The van der Waals surface area contributed by atoms with Gasteiger partial charge in [0.05, 0.1) is 30.8 Å². The molecule has 1 N–H and O–H groups in total. The summed E-state index contributed by atoms with van der Waals surface area (Å²) in [6, 6.07) is 2.77. The Hall–Kier alpha value is -1.19. The van der Waals surface area contributed by atoms with E-state index in [1.54, 1.807) is 0 Å². The van der Waals surface area contributed by atoms with Crippen molar-refractivity contribution in [3.8, 4) is 6.07 Å². The molecule has 0 radical (unpaired) electrons. The zero-order chi connectivity index (χ0) is 24.4. The first kappa shape index (κ1) is 24.5. The van der Waals surface area contributed by atoms with Gasteiger partial charge >= 0.3 is 0 Å². The second kappa shape index (κ2) is 8.44. The summed E-state index contributed by atoms with van der Waals surface area (Å²) in [5.41, 5.74) is 2.77. The van der Waals surface area contributed by atoms with Crippen molar-refractivity contribution in [3.63, 3.8) is 0 Å². The molecule has 4 aliphatic carbocycles. The van der Waals surface area contributed by atoms with E-state index in [1.165, 1.54) is 16.7 Å². The topological polar surface area (TPSA) is 71.7 Å². The van der Waals surface area contributed by atoms with Gasteiger partial charge in [-0.15, -0.1) is 0 Å². The van der Waals surface area contributed by atoms with Gasteiger partial charge in [0.2, 0.25) is 5.79 Å². The summed E-state index contributed by atoms with van der Waals surface area (Å²) in [7, 11) is 0. The molecule has 0 amide bonds. The van der Waals surface area contributed by atoms with E-state index in [2.05, 4.69) is 39.8 Å². The second-order valence-electron chi connectivity index (χ2n) is 12.3. The largest absolute Gasteiger partial charge is 0.381 e. The molecule has 0 aromatic rings. The molecule has 6 atom stereocenters. The summed E-state index contributed by atoms with van der Waals surface area (Å²) in [6.45, 7) is 12.4. The van der Waals surface area contributed by atoms with Crippen LogP contribution in [-0.4, -0.2) is 42.4 Å². The lowest BCUT2D eigenvalue weighted by atomic mass is 9.52. The van der Waals surface area contributed by atoms with Crippen molar-refractivity contribution in [1.82, 2.24) is 0 Å². The summed E-state index contributed by atoms with van der Waals surface area (Å²) in [5.74, 6) is 0.406. The Bertz CT molecular complexity index is 925. The smallest absolute Gasteiger partial charge is 0.204 e. The van der Waals surface area contributed by atoms with Gasteiger partial charge in [0.15, 0.2) is 0 Å². The van der Waals surface area contributed by atoms with Crippen LogP contribution in [0.2, 0.25) is 0 Å². The molecule has 1 spiro atoms. The first-order valence-corrected chi connectivity index (χ1v) is 13.6. The van der Waals surface area contributed by atoms with Crippen LogP contribution in [0.4, 0.5) is 0 Å². The molecule has 1 aliphatic heterocycles. The first-order valence-electron chi connectivity index (χ1n) is 13.6. The molecule has 1 heterocycles. The molecule has 0 aromatic carbocycles. The molecular weight excluding hydrogens is 426 g/mol. The summed E-state index contributed by atoms with van der Waals surface area (Å²) in [5, 5.41) is 22.4. The van der Waals surface area contributed by atoms with Crippen LogP contribution in [0, 0.1) is 39.9 Å². The van der Waals surface area contributed by atoms with E-state index in [-0.39, 0.29) is 10.8 Å². The Morgan fingerprint density at radius 3 is 2.59 bits per heavy atom. The Balaban J connectivity index is 1.51. The van der Waals surface area contributed by atoms with Gasteiger partial charge in [-0.2, -0.15) is 5.26 Å². The Kier molecular flexibility index (Phi) is 6.08. The lowest BCUT2D eigenvalue weighted by Gasteiger charge is -2.54. The van der Waals surface area contributed by atoms with Crippen molar-refractivity contribution in [2.75, 3.05) is 19.8 Å². The zero-order valence-electron chi connectivity index (χ0n) is 21.8. The molecule has 5 heteroatoms. The van der Waals surface area contributed by atoms with E-state index in [0.717, 1.165) is 38.5 Å². The highest BCUT2D eigenvalue weighted by molar-refractivity contribution is 5.47. The predicted molar refractivity (Wildman–Crippen MR) is 131 cm³/mol. The number of hydrogen-bond donors (Lipinski definition) is 1. The van der Waals surface area contributed by atoms with Crippen molar-refractivity contribution in [1.29, 1.82) is 5.26 Å². The average molecular weight is 470 g/mol. The van der Waals surface area contributed by atoms with Crippen molar-refractivity contribution >= 4 is 0 Å². The van der Waals surface area contributed by atoms with Gasteiger partial charge in [0.25, 0.3) is 0 Å². The molecule has 2 unspecified atom stereocenters. The second-order valence-corrected chi connectivity index (χ2v) is 12.3. The molecule has 0 aromatic heterocycles. The fraction of sp³-hybridized carbons (Fsp3) is 0.828. The molecule has 5 rings (SSSR count). The number of ether oxygens (including phenoxy) is 3. The van der Waals surface area contributed by atoms with E-state index in [9.17, 15) is 10.4 Å². The van der Waals surface area contributed by atoms with Crippen LogP contribution in [0.15, 0.2) is 22.8 Å². The Morgan fingerprint density at radius 2 is 1.94 bits per heavy atom. The standard InChI is InChI=1S/C29H43NO4/c1-6-27(18-30)12-10-25-23-8-7-21-15-29(33-13-14-34-29)28(31,20(4)32-17-19(2)3)16-24(21)22(23)9-11-26(25,27)5/h9,19-20,23,25,31H,6-8,10-17H2,1-5H3/t20?,23-,25+,26+,27-,28?/m1/s1. The maximum Gasteiger partial charge on any atom is 0.204 e. The molecular formula is C29H43NO4. The molecule has 1 saturated carbocycles. The Morgan fingerprint density at radius 1 is 1.21 bits per heavy atom. The molecule has 2 fully saturated rings. The lowest BCUT2D eigenvalue weighted by Crippen LogP contribution is -2.64. The van der Waals surface area contributed by atoms with E-state index in [4.69, 9.17) is 14.2 Å².